The Bertz CT molecular complexity index is 91.8. The van der Waals surface area contributed by atoms with Crippen LogP contribution in [0.1, 0.15) is 6.42 Å². The maximum Gasteiger partial charge on any atom is 0.503 e. The van der Waals surface area contributed by atoms with E-state index in [4.69, 9.17) is 20.7 Å². The minimum absolute atomic E-state index is 0.804. The summed E-state index contributed by atoms with van der Waals surface area (Å²) in [6, 6.07) is 0. The Labute approximate surface area is 66.4 Å². The van der Waals surface area contributed by atoms with E-state index < -0.39 is 6.16 Å². The maximum atomic E-state index is 8.56. The lowest BCUT2D eigenvalue weighted by atomic mass is 10.4. The normalized spacial score (nSPS) is 8.73. The van der Waals surface area contributed by atoms with Crippen LogP contribution in [0.15, 0.2) is 0 Å². The summed E-state index contributed by atoms with van der Waals surface area (Å²) in [7, 11) is 4.10. The van der Waals surface area contributed by atoms with Crippen molar-refractivity contribution in [3.63, 3.8) is 0 Å². The fraction of sp³-hybridized carbons (Fsp3) is 0.833. The van der Waals surface area contributed by atoms with Crippen LogP contribution in [0.4, 0.5) is 4.79 Å². The van der Waals surface area contributed by atoms with Crippen molar-refractivity contribution < 1.29 is 15.0 Å². The molecule has 0 saturated carbocycles. The van der Waals surface area contributed by atoms with Gasteiger partial charge >= 0.3 is 6.16 Å². The highest BCUT2D eigenvalue weighted by Gasteiger charge is 1.83. The molecule has 4 N–H and O–H groups in total. The van der Waals surface area contributed by atoms with E-state index in [9.17, 15) is 0 Å². The molecule has 0 unspecified atom stereocenters. The molecule has 0 fully saturated rings. The largest absolute Gasteiger partial charge is 0.503 e. The summed E-state index contributed by atoms with van der Waals surface area (Å²) in [6.07, 6.45) is -0.729. The van der Waals surface area contributed by atoms with E-state index in [0.717, 1.165) is 19.5 Å². The second-order valence-corrected chi connectivity index (χ2v) is 2.23. The minimum atomic E-state index is -1.83. The first-order valence-electron chi connectivity index (χ1n) is 3.27. The molecule has 11 heavy (non-hydrogen) atoms. The summed E-state index contributed by atoms with van der Waals surface area (Å²) in [6.45, 7) is 1.91. The molecule has 0 heterocycles. The second kappa shape index (κ2) is 9.19. The summed E-state index contributed by atoms with van der Waals surface area (Å²) in [4.78, 5) is 10.7. The Morgan fingerprint density at radius 1 is 1.45 bits per heavy atom. The molecule has 0 aliphatic rings. The lowest BCUT2D eigenvalue weighted by Gasteiger charge is -2.05. The lowest BCUT2D eigenvalue weighted by molar-refractivity contribution is 0.137. The topological polar surface area (TPSA) is 86.8 Å². The summed E-state index contributed by atoms with van der Waals surface area (Å²) < 4.78 is 0. The van der Waals surface area contributed by atoms with Gasteiger partial charge in [0, 0.05) is 0 Å². The molecule has 5 heteroatoms. The fourth-order valence-electron chi connectivity index (χ4n) is 0.408. The van der Waals surface area contributed by atoms with Gasteiger partial charge < -0.3 is 20.8 Å². The van der Waals surface area contributed by atoms with Gasteiger partial charge in [-0.1, -0.05) is 0 Å². The van der Waals surface area contributed by atoms with Crippen LogP contribution in [0.2, 0.25) is 0 Å². The summed E-state index contributed by atoms with van der Waals surface area (Å²) in [5, 5.41) is 13.9. The SMILES string of the molecule is CN(C)CCCN.O=C(O)O. The smallest absolute Gasteiger partial charge is 0.450 e. The summed E-state index contributed by atoms with van der Waals surface area (Å²) >= 11 is 0. The zero-order chi connectivity index (χ0) is 9.28. The van der Waals surface area contributed by atoms with Crippen LogP contribution in [-0.2, 0) is 0 Å². The molecule has 0 aromatic carbocycles. The Morgan fingerprint density at radius 2 is 1.82 bits per heavy atom. The van der Waals surface area contributed by atoms with Crippen LogP contribution in [0.5, 0.6) is 0 Å². The van der Waals surface area contributed by atoms with Gasteiger partial charge in [-0.15, -0.1) is 0 Å². The van der Waals surface area contributed by atoms with Gasteiger partial charge in [-0.05, 0) is 33.6 Å². The predicted octanol–water partition coefficient (Wildman–Crippen LogP) is 0.119. The van der Waals surface area contributed by atoms with E-state index in [2.05, 4.69) is 19.0 Å². The minimum Gasteiger partial charge on any atom is -0.450 e. The van der Waals surface area contributed by atoms with Crippen LogP contribution in [-0.4, -0.2) is 48.5 Å². The molecule has 0 rings (SSSR count). The lowest BCUT2D eigenvalue weighted by Crippen LogP contribution is -2.16. The molecule has 0 aliphatic heterocycles. The number of hydrogen-bond donors (Lipinski definition) is 3. The Morgan fingerprint density at radius 3 is 1.91 bits per heavy atom. The standard InChI is InChI=1S/C5H14N2.CH2O3/c1-7(2)5-3-4-6;2-1(3)4/h3-6H2,1-2H3;(H2,2,3,4). The van der Waals surface area contributed by atoms with Gasteiger partial charge in [-0.3, -0.25) is 0 Å². The van der Waals surface area contributed by atoms with Crippen LogP contribution in [0, 0.1) is 0 Å². The number of nitrogens with zero attached hydrogens (tertiary/aromatic N) is 1. The van der Waals surface area contributed by atoms with Crippen molar-refractivity contribution in [2.75, 3.05) is 27.2 Å². The van der Waals surface area contributed by atoms with E-state index in [0.29, 0.717) is 0 Å². The third kappa shape index (κ3) is 46.7. The first-order valence-corrected chi connectivity index (χ1v) is 3.27. The van der Waals surface area contributed by atoms with Crippen molar-refractivity contribution in [1.29, 1.82) is 0 Å². The average Bonchev–Trinajstić information content (AvgIpc) is 1.82. The predicted molar refractivity (Wildman–Crippen MR) is 42.9 cm³/mol. The molecule has 0 aromatic heterocycles. The van der Waals surface area contributed by atoms with E-state index in [1.165, 1.54) is 0 Å². The molecular formula is C6H16N2O3. The fourth-order valence-corrected chi connectivity index (χ4v) is 0.408. The highest BCUT2D eigenvalue weighted by molar-refractivity contribution is 5.53. The number of nitrogens with two attached hydrogens (primary N) is 1. The van der Waals surface area contributed by atoms with Crippen molar-refractivity contribution >= 4 is 6.16 Å². The second-order valence-electron chi connectivity index (χ2n) is 2.23. The van der Waals surface area contributed by atoms with Crippen molar-refractivity contribution in [1.82, 2.24) is 4.90 Å². The van der Waals surface area contributed by atoms with Gasteiger partial charge in [0.15, 0.2) is 0 Å². The van der Waals surface area contributed by atoms with Gasteiger partial charge in [0.05, 0.1) is 0 Å². The molecule has 0 radical (unpaired) electrons. The summed E-state index contributed by atoms with van der Waals surface area (Å²) in [5.74, 6) is 0. The monoisotopic (exact) mass is 164 g/mol. The molecular weight excluding hydrogens is 148 g/mol. The van der Waals surface area contributed by atoms with Crippen molar-refractivity contribution in [3.05, 3.63) is 0 Å². The quantitative estimate of drug-likeness (QED) is 0.551. The number of rotatable bonds is 3. The van der Waals surface area contributed by atoms with E-state index in [1.807, 2.05) is 0 Å². The van der Waals surface area contributed by atoms with Gasteiger partial charge in [-0.2, -0.15) is 0 Å². The van der Waals surface area contributed by atoms with Gasteiger partial charge in [0.1, 0.15) is 0 Å². The third-order valence-corrected chi connectivity index (χ3v) is 0.809. The number of carbonyl (C=O) groups is 1. The molecule has 5 nitrogen and oxygen atoms in total. The van der Waals surface area contributed by atoms with Gasteiger partial charge in [0.2, 0.25) is 0 Å². The van der Waals surface area contributed by atoms with Crippen LogP contribution < -0.4 is 5.73 Å². The molecule has 68 valence electrons. The van der Waals surface area contributed by atoms with Crippen molar-refractivity contribution in [2.45, 2.75) is 6.42 Å². The van der Waals surface area contributed by atoms with Crippen molar-refractivity contribution in [2.24, 2.45) is 5.73 Å². The Balaban J connectivity index is 0. The van der Waals surface area contributed by atoms with E-state index >= 15 is 0 Å². The molecule has 0 aromatic rings. The average molecular weight is 164 g/mol. The zero-order valence-corrected chi connectivity index (χ0v) is 6.95. The van der Waals surface area contributed by atoms with E-state index in [1.54, 1.807) is 0 Å². The van der Waals surface area contributed by atoms with Crippen LogP contribution >= 0.6 is 0 Å². The molecule has 0 amide bonds. The zero-order valence-electron chi connectivity index (χ0n) is 6.95. The maximum absolute atomic E-state index is 8.56. The van der Waals surface area contributed by atoms with Crippen molar-refractivity contribution in [3.8, 4) is 0 Å². The first kappa shape index (κ1) is 12.8. The third-order valence-electron chi connectivity index (χ3n) is 0.809. The Hall–Kier alpha value is -0.810. The summed E-state index contributed by atoms with van der Waals surface area (Å²) in [5.41, 5.74) is 5.25. The van der Waals surface area contributed by atoms with Gasteiger partial charge in [-0.25, -0.2) is 4.79 Å². The number of carboxylic acid groups (broad SMARTS) is 2. The first-order chi connectivity index (χ1) is 5.00. The molecule has 0 spiro atoms. The van der Waals surface area contributed by atoms with Gasteiger partial charge in [0.25, 0.3) is 0 Å². The molecule has 0 saturated heterocycles. The highest BCUT2D eigenvalue weighted by Crippen LogP contribution is 1.76. The Kier molecular flexibility index (Phi) is 10.7. The van der Waals surface area contributed by atoms with E-state index in [-0.39, 0.29) is 0 Å². The van der Waals surface area contributed by atoms with Crippen LogP contribution in [0.25, 0.3) is 0 Å². The highest BCUT2D eigenvalue weighted by atomic mass is 16.6. The molecule has 0 bridgehead atoms. The molecule has 0 aliphatic carbocycles. The van der Waals surface area contributed by atoms with Crippen LogP contribution in [0.3, 0.4) is 0 Å². The number of hydrogen-bond acceptors (Lipinski definition) is 3. The molecule has 0 atom stereocenters.